The van der Waals surface area contributed by atoms with E-state index in [0.717, 1.165) is 47.8 Å². The van der Waals surface area contributed by atoms with Gasteiger partial charge in [0, 0.05) is 44.1 Å². The minimum atomic E-state index is -0.937. The van der Waals surface area contributed by atoms with Crippen LogP contribution >= 0.6 is 0 Å². The van der Waals surface area contributed by atoms with Gasteiger partial charge in [0.1, 0.15) is 5.41 Å². The lowest BCUT2D eigenvalue weighted by atomic mass is 9.66. The Morgan fingerprint density at radius 2 is 1.93 bits per heavy atom. The standard InChI is InChI=1S/C32H39N3O5/c1-2-40-31(39)32-16-6-5-14-27(32)35(22-24-12-7-11-23-10-3-4-13-26(23)24)30(38)25(21-32)20-28(36)33-17-9-19-34-18-8-15-29(34)37/h3-4,7,10-14,25H,2,5-6,8-9,15-22H2,1H3,(H,33,36)/t25-,32+/m1/s1. The van der Waals surface area contributed by atoms with Gasteiger partial charge >= 0.3 is 5.97 Å². The topological polar surface area (TPSA) is 96.0 Å². The zero-order valence-electron chi connectivity index (χ0n) is 23.3. The van der Waals surface area contributed by atoms with Crippen LogP contribution in [0.15, 0.2) is 54.2 Å². The second-order valence-corrected chi connectivity index (χ2v) is 11.1. The summed E-state index contributed by atoms with van der Waals surface area (Å²) in [6.45, 7) is 4.23. The Kier molecular flexibility index (Phi) is 8.52. The Morgan fingerprint density at radius 1 is 1.10 bits per heavy atom. The van der Waals surface area contributed by atoms with Crippen molar-refractivity contribution >= 4 is 34.5 Å². The van der Waals surface area contributed by atoms with Gasteiger partial charge in [0.25, 0.3) is 0 Å². The lowest BCUT2D eigenvalue weighted by Crippen LogP contribution is -2.54. The van der Waals surface area contributed by atoms with Crippen molar-refractivity contribution < 1.29 is 23.9 Å². The average molecular weight is 546 g/mol. The zero-order chi connectivity index (χ0) is 28.1. The fourth-order valence-electron chi connectivity index (χ4n) is 6.60. The number of nitrogens with one attached hydrogen (secondary N) is 1. The summed E-state index contributed by atoms with van der Waals surface area (Å²) in [5, 5.41) is 5.09. The second-order valence-electron chi connectivity index (χ2n) is 11.1. The molecule has 0 saturated carbocycles. The molecule has 212 valence electrons. The van der Waals surface area contributed by atoms with Crippen molar-refractivity contribution in [3.8, 4) is 0 Å². The molecule has 2 aliphatic heterocycles. The quantitative estimate of drug-likeness (QED) is 0.354. The molecule has 0 radical (unpaired) electrons. The van der Waals surface area contributed by atoms with Crippen LogP contribution in [0.2, 0.25) is 0 Å². The first kappa shape index (κ1) is 27.9. The molecule has 2 heterocycles. The SMILES string of the molecule is CCOC(=O)[C@]12CCCC=C1N(Cc1cccc3ccccc13)C(=O)[C@H](CC(=O)NCCCN1CCCC1=O)C2. The number of hydrogen-bond acceptors (Lipinski definition) is 5. The van der Waals surface area contributed by atoms with Gasteiger partial charge < -0.3 is 19.9 Å². The monoisotopic (exact) mass is 545 g/mol. The van der Waals surface area contributed by atoms with Gasteiger partial charge in [0.2, 0.25) is 17.7 Å². The highest BCUT2D eigenvalue weighted by atomic mass is 16.5. The molecule has 2 aromatic carbocycles. The van der Waals surface area contributed by atoms with Crippen molar-refractivity contribution in [3.05, 3.63) is 59.8 Å². The van der Waals surface area contributed by atoms with Crippen molar-refractivity contribution in [2.75, 3.05) is 26.2 Å². The maximum atomic E-state index is 14.0. The van der Waals surface area contributed by atoms with Crippen LogP contribution < -0.4 is 5.32 Å². The van der Waals surface area contributed by atoms with E-state index in [4.69, 9.17) is 4.74 Å². The molecule has 8 nitrogen and oxygen atoms in total. The largest absolute Gasteiger partial charge is 0.465 e. The fourth-order valence-corrected chi connectivity index (χ4v) is 6.60. The second kappa shape index (κ2) is 12.2. The molecule has 2 saturated heterocycles. The number of benzene rings is 2. The number of hydrogen-bond donors (Lipinski definition) is 1. The van der Waals surface area contributed by atoms with Crippen molar-refractivity contribution in [3.63, 3.8) is 0 Å². The van der Waals surface area contributed by atoms with Gasteiger partial charge in [-0.15, -0.1) is 0 Å². The first-order valence-corrected chi connectivity index (χ1v) is 14.6. The number of amides is 3. The van der Waals surface area contributed by atoms with E-state index in [9.17, 15) is 19.2 Å². The molecule has 5 rings (SSSR count). The normalized spacial score (nSPS) is 22.7. The van der Waals surface area contributed by atoms with Crippen molar-refractivity contribution in [2.24, 2.45) is 11.3 Å². The van der Waals surface area contributed by atoms with Crippen LogP contribution in [0, 0.1) is 11.3 Å². The van der Waals surface area contributed by atoms with Crippen molar-refractivity contribution in [2.45, 2.75) is 64.8 Å². The summed E-state index contributed by atoms with van der Waals surface area (Å²) in [5.41, 5.74) is 0.785. The zero-order valence-corrected chi connectivity index (χ0v) is 23.3. The smallest absolute Gasteiger partial charge is 0.318 e. The first-order chi connectivity index (χ1) is 19.4. The number of likely N-dealkylation sites (tertiary alicyclic amines) is 2. The minimum absolute atomic E-state index is 0.0158. The molecule has 2 aromatic rings. The molecule has 0 bridgehead atoms. The highest BCUT2D eigenvalue weighted by Crippen LogP contribution is 2.50. The average Bonchev–Trinajstić information content (AvgIpc) is 3.37. The third kappa shape index (κ3) is 5.62. The number of rotatable bonds is 10. The van der Waals surface area contributed by atoms with Crippen LogP contribution in [0.1, 0.15) is 63.9 Å². The van der Waals surface area contributed by atoms with Crippen LogP contribution in [0.5, 0.6) is 0 Å². The van der Waals surface area contributed by atoms with Gasteiger partial charge in [-0.2, -0.15) is 0 Å². The van der Waals surface area contributed by atoms with Crippen molar-refractivity contribution in [1.82, 2.24) is 15.1 Å². The molecule has 1 N–H and O–H groups in total. The number of nitrogens with zero attached hydrogens (tertiary/aromatic N) is 2. The molecule has 3 aliphatic rings. The molecular formula is C32H39N3O5. The highest BCUT2D eigenvalue weighted by molar-refractivity contribution is 5.93. The van der Waals surface area contributed by atoms with E-state index >= 15 is 0 Å². The van der Waals surface area contributed by atoms with E-state index < -0.39 is 11.3 Å². The number of carbonyl (C=O) groups is 4. The summed E-state index contributed by atoms with van der Waals surface area (Å²) in [5.74, 6) is -1.10. The van der Waals surface area contributed by atoms with Crippen LogP contribution in [-0.4, -0.2) is 59.7 Å². The predicted molar refractivity (Wildman–Crippen MR) is 152 cm³/mol. The summed E-state index contributed by atoms with van der Waals surface area (Å²) < 4.78 is 5.59. The van der Waals surface area contributed by atoms with E-state index in [1.165, 1.54) is 0 Å². The maximum absolute atomic E-state index is 14.0. The van der Waals surface area contributed by atoms with Gasteiger partial charge in [-0.3, -0.25) is 19.2 Å². The molecule has 40 heavy (non-hydrogen) atoms. The number of ether oxygens (including phenoxy) is 1. The summed E-state index contributed by atoms with van der Waals surface area (Å²) in [7, 11) is 0. The number of piperidine rings is 1. The van der Waals surface area contributed by atoms with Crippen LogP contribution in [0.25, 0.3) is 10.8 Å². The van der Waals surface area contributed by atoms with Crippen LogP contribution in [0.3, 0.4) is 0 Å². The molecule has 2 atom stereocenters. The lowest BCUT2D eigenvalue weighted by molar-refractivity contribution is -0.162. The molecule has 2 fully saturated rings. The van der Waals surface area contributed by atoms with Crippen LogP contribution in [0.4, 0.5) is 0 Å². The summed E-state index contributed by atoms with van der Waals surface area (Å²) in [6, 6.07) is 14.1. The van der Waals surface area contributed by atoms with Crippen molar-refractivity contribution in [1.29, 1.82) is 0 Å². The number of allylic oxidation sites excluding steroid dienone is 1. The molecular weight excluding hydrogens is 506 g/mol. The summed E-state index contributed by atoms with van der Waals surface area (Å²) in [4.78, 5) is 56.0. The van der Waals surface area contributed by atoms with Gasteiger partial charge in [-0.1, -0.05) is 48.5 Å². The Bertz CT molecular complexity index is 1320. The predicted octanol–water partition coefficient (Wildman–Crippen LogP) is 4.32. The van der Waals surface area contributed by atoms with Gasteiger partial charge in [0.15, 0.2) is 0 Å². The number of carbonyl (C=O) groups excluding carboxylic acids is 4. The van der Waals surface area contributed by atoms with Crippen LogP contribution in [-0.2, 0) is 30.5 Å². The Morgan fingerprint density at radius 3 is 2.73 bits per heavy atom. The van der Waals surface area contributed by atoms with E-state index in [-0.39, 0.29) is 43.1 Å². The highest BCUT2D eigenvalue weighted by Gasteiger charge is 2.54. The third-order valence-corrected chi connectivity index (χ3v) is 8.54. The molecule has 0 unspecified atom stereocenters. The molecule has 0 aromatic heterocycles. The van der Waals surface area contributed by atoms with Gasteiger partial charge in [0.05, 0.1) is 13.2 Å². The third-order valence-electron chi connectivity index (χ3n) is 8.54. The van der Waals surface area contributed by atoms with E-state index in [1.54, 1.807) is 11.8 Å². The number of esters is 1. The van der Waals surface area contributed by atoms with Gasteiger partial charge in [-0.05, 0) is 61.8 Å². The van der Waals surface area contributed by atoms with Gasteiger partial charge in [-0.25, -0.2) is 0 Å². The fraction of sp³-hybridized carbons (Fsp3) is 0.500. The molecule has 8 heteroatoms. The lowest BCUT2D eigenvalue weighted by Gasteiger charge is -2.48. The molecule has 3 amide bonds. The molecule has 1 aliphatic carbocycles. The maximum Gasteiger partial charge on any atom is 0.318 e. The molecule has 0 spiro atoms. The Hall–Kier alpha value is -3.68. The first-order valence-electron chi connectivity index (χ1n) is 14.6. The Labute approximate surface area is 235 Å². The Balaban J connectivity index is 1.36. The minimum Gasteiger partial charge on any atom is -0.465 e. The summed E-state index contributed by atoms with van der Waals surface area (Å²) >= 11 is 0. The number of fused-ring (bicyclic) bond motifs is 2. The summed E-state index contributed by atoms with van der Waals surface area (Å²) in [6.07, 6.45) is 6.70. The van der Waals surface area contributed by atoms with E-state index in [0.29, 0.717) is 38.9 Å². The van der Waals surface area contributed by atoms with E-state index in [1.807, 2.05) is 53.4 Å². The van der Waals surface area contributed by atoms with E-state index in [2.05, 4.69) is 5.32 Å².